The fourth-order valence-electron chi connectivity index (χ4n) is 5.87. The van der Waals surface area contributed by atoms with Crippen LogP contribution in [0.3, 0.4) is 0 Å². The highest BCUT2D eigenvalue weighted by Crippen LogP contribution is 2.33. The van der Waals surface area contributed by atoms with E-state index in [9.17, 15) is 9.90 Å². The van der Waals surface area contributed by atoms with E-state index in [0.717, 1.165) is 86.5 Å². The van der Waals surface area contributed by atoms with E-state index in [1.54, 1.807) is 12.1 Å². The van der Waals surface area contributed by atoms with E-state index in [0.29, 0.717) is 19.7 Å². The van der Waals surface area contributed by atoms with Gasteiger partial charge in [0.1, 0.15) is 18.2 Å². The summed E-state index contributed by atoms with van der Waals surface area (Å²) in [6.45, 7) is 7.94. The minimum absolute atomic E-state index is 0.150. The van der Waals surface area contributed by atoms with Crippen LogP contribution in [0.4, 0.5) is 11.6 Å². The van der Waals surface area contributed by atoms with Crippen molar-refractivity contribution in [2.45, 2.75) is 32.2 Å². The van der Waals surface area contributed by atoms with Crippen LogP contribution in [0, 0.1) is 0 Å². The van der Waals surface area contributed by atoms with Crippen molar-refractivity contribution in [2.75, 3.05) is 55.7 Å². The van der Waals surface area contributed by atoms with Gasteiger partial charge in [-0.25, -0.2) is 14.8 Å². The van der Waals surface area contributed by atoms with E-state index in [-0.39, 0.29) is 11.7 Å². The lowest BCUT2D eigenvalue weighted by Crippen LogP contribution is -2.46. The van der Waals surface area contributed by atoms with Gasteiger partial charge in [-0.15, -0.1) is 0 Å². The Morgan fingerprint density at radius 3 is 2.51 bits per heavy atom. The number of piperazine rings is 1. The van der Waals surface area contributed by atoms with Crippen molar-refractivity contribution in [2.24, 2.45) is 0 Å². The zero-order valence-electron chi connectivity index (χ0n) is 23.0. The van der Waals surface area contributed by atoms with Gasteiger partial charge in [0.2, 0.25) is 0 Å². The van der Waals surface area contributed by atoms with Crippen LogP contribution < -0.4 is 14.5 Å². The lowest BCUT2D eigenvalue weighted by atomic mass is 10.1. The summed E-state index contributed by atoms with van der Waals surface area (Å²) in [6.07, 6.45) is 1.16. The number of anilines is 2. The van der Waals surface area contributed by atoms with Crippen LogP contribution in [0.1, 0.15) is 28.2 Å². The van der Waals surface area contributed by atoms with Gasteiger partial charge in [-0.05, 0) is 42.3 Å². The van der Waals surface area contributed by atoms with Crippen molar-refractivity contribution in [3.63, 3.8) is 0 Å². The second-order valence-corrected chi connectivity index (χ2v) is 10.9. The lowest BCUT2D eigenvalue weighted by Gasteiger charge is -2.37. The zero-order chi connectivity index (χ0) is 27.8. The number of hydrogen-bond acceptors (Lipinski definition) is 8. The first kappa shape index (κ1) is 25.8. The molecule has 1 N–H and O–H groups in total. The number of carbonyl (C=O) groups is 1. The van der Waals surface area contributed by atoms with Gasteiger partial charge >= 0.3 is 5.97 Å². The van der Waals surface area contributed by atoms with Gasteiger partial charge in [-0.1, -0.05) is 30.3 Å². The molecule has 10 nitrogen and oxygen atoms in total. The monoisotopic (exact) mass is 554 g/mol. The molecular formula is C31H34N6O4. The molecular weight excluding hydrogens is 520 g/mol. The maximum absolute atomic E-state index is 11.6. The van der Waals surface area contributed by atoms with Gasteiger partial charge in [0, 0.05) is 39.3 Å². The summed E-state index contributed by atoms with van der Waals surface area (Å²) in [5.74, 6) is 2.75. The van der Waals surface area contributed by atoms with Crippen LogP contribution in [0.5, 0.6) is 5.75 Å². The Labute approximate surface area is 238 Å². The third kappa shape index (κ3) is 5.32. The smallest absolute Gasteiger partial charge is 0.335 e. The molecule has 0 amide bonds. The molecule has 3 aliphatic heterocycles. The van der Waals surface area contributed by atoms with Crippen molar-refractivity contribution in [1.29, 1.82) is 0 Å². The molecule has 0 aliphatic carbocycles. The summed E-state index contributed by atoms with van der Waals surface area (Å²) < 4.78 is 13.8. The van der Waals surface area contributed by atoms with Gasteiger partial charge in [-0.3, -0.25) is 4.90 Å². The van der Waals surface area contributed by atoms with Gasteiger partial charge in [0.05, 0.1) is 42.3 Å². The van der Waals surface area contributed by atoms with Crippen LogP contribution in [-0.4, -0.2) is 82.6 Å². The van der Waals surface area contributed by atoms with E-state index in [2.05, 4.69) is 55.7 Å². The van der Waals surface area contributed by atoms with E-state index < -0.39 is 5.97 Å². The summed E-state index contributed by atoms with van der Waals surface area (Å²) in [6, 6.07) is 19.8. The largest absolute Gasteiger partial charge is 0.488 e. The van der Waals surface area contributed by atoms with Crippen molar-refractivity contribution in [3.05, 3.63) is 77.6 Å². The van der Waals surface area contributed by atoms with Crippen LogP contribution in [0.25, 0.3) is 11.0 Å². The molecule has 212 valence electrons. The number of pyridine rings is 1. The Morgan fingerprint density at radius 1 is 0.927 bits per heavy atom. The molecule has 2 saturated heterocycles. The average molecular weight is 555 g/mol. The van der Waals surface area contributed by atoms with Crippen LogP contribution in [0.15, 0.2) is 60.7 Å². The Balaban J connectivity index is 1.05. The van der Waals surface area contributed by atoms with Crippen molar-refractivity contribution >= 4 is 28.6 Å². The highest BCUT2D eigenvalue weighted by molar-refractivity contribution is 5.92. The SMILES string of the molecule is O=C(O)c1ccc2nc(CN3CCN(c4ccc5c(n4)N(Cc4ccccc4)CCO5)CC3)n(C[C@@H]3CCO3)c2c1. The molecule has 0 saturated carbocycles. The van der Waals surface area contributed by atoms with E-state index in [1.165, 1.54) is 5.56 Å². The summed E-state index contributed by atoms with van der Waals surface area (Å²) in [5, 5.41) is 9.53. The first-order valence-corrected chi connectivity index (χ1v) is 14.3. The minimum atomic E-state index is -0.928. The molecule has 0 radical (unpaired) electrons. The van der Waals surface area contributed by atoms with Crippen molar-refractivity contribution < 1.29 is 19.4 Å². The molecule has 0 bridgehead atoms. The summed E-state index contributed by atoms with van der Waals surface area (Å²) in [5.41, 5.74) is 3.21. The number of carboxylic acid groups (broad SMARTS) is 1. The van der Waals surface area contributed by atoms with Crippen LogP contribution in [-0.2, 0) is 24.4 Å². The third-order valence-corrected chi connectivity index (χ3v) is 8.27. The number of nitrogens with zero attached hydrogens (tertiary/aromatic N) is 6. The second-order valence-electron chi connectivity index (χ2n) is 10.9. The van der Waals surface area contributed by atoms with Crippen molar-refractivity contribution in [1.82, 2.24) is 19.4 Å². The minimum Gasteiger partial charge on any atom is -0.488 e. The van der Waals surface area contributed by atoms with Gasteiger partial charge in [-0.2, -0.15) is 0 Å². The molecule has 5 heterocycles. The number of imidazole rings is 1. The number of fused-ring (bicyclic) bond motifs is 2. The fraction of sp³-hybridized carbons (Fsp3) is 0.387. The van der Waals surface area contributed by atoms with Gasteiger partial charge in [0.25, 0.3) is 0 Å². The Hall–Kier alpha value is -4.15. The van der Waals surface area contributed by atoms with Crippen LogP contribution in [0.2, 0.25) is 0 Å². The van der Waals surface area contributed by atoms with E-state index in [4.69, 9.17) is 19.4 Å². The van der Waals surface area contributed by atoms with Gasteiger partial charge < -0.3 is 28.9 Å². The lowest BCUT2D eigenvalue weighted by molar-refractivity contribution is -0.0592. The Kier molecular flexibility index (Phi) is 6.93. The third-order valence-electron chi connectivity index (χ3n) is 8.27. The summed E-state index contributed by atoms with van der Waals surface area (Å²) in [4.78, 5) is 28.7. The summed E-state index contributed by atoms with van der Waals surface area (Å²) in [7, 11) is 0. The zero-order valence-corrected chi connectivity index (χ0v) is 23.0. The number of aromatic nitrogens is 3. The number of aromatic carboxylic acids is 1. The predicted octanol–water partition coefficient (Wildman–Crippen LogP) is 3.64. The molecule has 7 rings (SSSR count). The molecule has 0 unspecified atom stereocenters. The Morgan fingerprint density at radius 2 is 1.76 bits per heavy atom. The molecule has 1 atom stereocenters. The normalized spacial score (nSPS) is 19.1. The molecule has 10 heteroatoms. The number of ether oxygens (including phenoxy) is 2. The maximum atomic E-state index is 11.6. The number of hydrogen-bond donors (Lipinski definition) is 1. The molecule has 4 aromatic rings. The van der Waals surface area contributed by atoms with Crippen molar-refractivity contribution in [3.8, 4) is 5.75 Å². The van der Waals surface area contributed by atoms with E-state index >= 15 is 0 Å². The molecule has 41 heavy (non-hydrogen) atoms. The number of benzene rings is 2. The first-order valence-electron chi connectivity index (χ1n) is 14.3. The second kappa shape index (κ2) is 11.0. The fourth-order valence-corrected chi connectivity index (χ4v) is 5.87. The highest BCUT2D eigenvalue weighted by Gasteiger charge is 2.26. The molecule has 2 fully saturated rings. The van der Waals surface area contributed by atoms with E-state index in [1.807, 2.05) is 12.1 Å². The molecule has 2 aromatic carbocycles. The Bertz CT molecular complexity index is 1550. The standard InChI is InChI=1S/C31H34N6O4/c38-31(39)23-6-7-25-26(18-23)37(20-24-10-16-40-24)29(32-25)21-34-11-13-35(14-12-34)28-9-8-27-30(33-28)36(15-17-41-27)19-22-4-2-1-3-5-22/h1-9,18,24H,10-17,19-21H2,(H,38,39)/t24-/m0/s1. The average Bonchev–Trinajstić information content (AvgIpc) is 3.31. The summed E-state index contributed by atoms with van der Waals surface area (Å²) >= 11 is 0. The molecule has 3 aliphatic rings. The number of carboxylic acids is 1. The molecule has 2 aromatic heterocycles. The predicted molar refractivity (Wildman–Crippen MR) is 156 cm³/mol. The van der Waals surface area contributed by atoms with Crippen LogP contribution >= 0.6 is 0 Å². The highest BCUT2D eigenvalue weighted by atomic mass is 16.5. The maximum Gasteiger partial charge on any atom is 0.335 e. The quantitative estimate of drug-likeness (QED) is 0.350. The topological polar surface area (TPSA) is 96.2 Å². The number of rotatable bonds is 8. The van der Waals surface area contributed by atoms with Gasteiger partial charge in [0.15, 0.2) is 11.6 Å². The first-order chi connectivity index (χ1) is 20.1. The molecule has 0 spiro atoms.